The third-order valence-corrected chi connectivity index (χ3v) is 2.10. The summed E-state index contributed by atoms with van der Waals surface area (Å²) in [5, 5.41) is 0. The Bertz CT molecular complexity index is 336. The molecule has 0 radical (unpaired) electrons. The van der Waals surface area contributed by atoms with E-state index in [2.05, 4.69) is 0 Å². The molecule has 0 bridgehead atoms. The molecule has 80 valence electrons. The van der Waals surface area contributed by atoms with Crippen molar-refractivity contribution in [2.75, 3.05) is 6.61 Å². The van der Waals surface area contributed by atoms with E-state index in [9.17, 15) is 4.79 Å². The third kappa shape index (κ3) is 3.58. The molecule has 2 nitrogen and oxygen atoms in total. The molecule has 0 spiro atoms. The van der Waals surface area contributed by atoms with Gasteiger partial charge in [-0.05, 0) is 42.7 Å². The molecule has 0 saturated heterocycles. The number of carbonyl (C=O) groups is 1. The third-order valence-electron chi connectivity index (χ3n) is 2.10. The summed E-state index contributed by atoms with van der Waals surface area (Å²) in [4.78, 5) is 10.6. The van der Waals surface area contributed by atoms with Crippen molar-refractivity contribution in [2.24, 2.45) is 0 Å². The van der Waals surface area contributed by atoms with Crippen molar-refractivity contribution < 1.29 is 9.53 Å². The molecular weight excluding hydrogens is 188 g/mol. The number of hydrogen-bond donors (Lipinski definition) is 0. The maximum atomic E-state index is 10.6. The predicted molar refractivity (Wildman–Crippen MR) is 61.9 cm³/mol. The number of rotatable bonds is 5. The van der Waals surface area contributed by atoms with Crippen LogP contribution in [-0.2, 0) is 4.79 Å². The number of allylic oxidation sites excluding steroid dienone is 1. The van der Waals surface area contributed by atoms with Crippen LogP contribution < -0.4 is 4.74 Å². The fourth-order valence-electron chi connectivity index (χ4n) is 1.26. The second-order valence-corrected chi connectivity index (χ2v) is 3.19. The van der Waals surface area contributed by atoms with E-state index in [1.165, 1.54) is 0 Å². The van der Waals surface area contributed by atoms with E-state index in [0.717, 1.165) is 29.6 Å². The van der Waals surface area contributed by atoms with Gasteiger partial charge in [-0.2, -0.15) is 0 Å². The molecule has 0 N–H and O–H groups in total. The van der Waals surface area contributed by atoms with Gasteiger partial charge in [0.25, 0.3) is 0 Å². The van der Waals surface area contributed by atoms with Crippen molar-refractivity contribution in [1.82, 2.24) is 0 Å². The normalized spacial score (nSPS) is 11.2. The number of carbonyl (C=O) groups excluding carboxylic acids is 1. The van der Waals surface area contributed by atoms with Gasteiger partial charge in [0, 0.05) is 0 Å². The van der Waals surface area contributed by atoms with E-state index in [0.29, 0.717) is 6.61 Å². The molecule has 0 unspecified atom stereocenters. The van der Waals surface area contributed by atoms with Gasteiger partial charge in [0.2, 0.25) is 0 Å². The lowest BCUT2D eigenvalue weighted by atomic mass is 10.1. The SMILES string of the molecule is CCOc1ccc(C=C(C=O)CC)cc1. The largest absolute Gasteiger partial charge is 0.494 e. The lowest BCUT2D eigenvalue weighted by Crippen LogP contribution is -1.90. The molecule has 0 aliphatic carbocycles. The molecule has 1 aromatic rings. The van der Waals surface area contributed by atoms with E-state index in [-0.39, 0.29) is 0 Å². The van der Waals surface area contributed by atoms with Gasteiger partial charge < -0.3 is 4.74 Å². The van der Waals surface area contributed by atoms with Crippen molar-refractivity contribution in [3.63, 3.8) is 0 Å². The fourth-order valence-corrected chi connectivity index (χ4v) is 1.26. The first-order valence-electron chi connectivity index (χ1n) is 5.18. The van der Waals surface area contributed by atoms with Crippen molar-refractivity contribution in [2.45, 2.75) is 20.3 Å². The highest BCUT2D eigenvalue weighted by molar-refractivity contribution is 5.81. The number of ether oxygens (including phenoxy) is 1. The van der Waals surface area contributed by atoms with Crippen molar-refractivity contribution in [3.8, 4) is 5.75 Å². The van der Waals surface area contributed by atoms with E-state index in [1.54, 1.807) is 0 Å². The number of hydrogen-bond acceptors (Lipinski definition) is 2. The van der Waals surface area contributed by atoms with E-state index >= 15 is 0 Å². The van der Waals surface area contributed by atoms with Crippen LogP contribution in [0.1, 0.15) is 25.8 Å². The highest BCUT2D eigenvalue weighted by Crippen LogP contribution is 2.14. The standard InChI is InChI=1S/C13H16O2/c1-3-11(10-14)9-12-5-7-13(8-6-12)15-4-2/h5-10H,3-4H2,1-2H3. The van der Waals surface area contributed by atoms with Crippen LogP contribution in [0, 0.1) is 0 Å². The van der Waals surface area contributed by atoms with Gasteiger partial charge in [0.1, 0.15) is 12.0 Å². The molecule has 15 heavy (non-hydrogen) atoms. The summed E-state index contributed by atoms with van der Waals surface area (Å²) >= 11 is 0. The maximum absolute atomic E-state index is 10.6. The van der Waals surface area contributed by atoms with Crippen LogP contribution in [0.2, 0.25) is 0 Å². The minimum atomic E-state index is 0.670. The molecule has 0 aliphatic heterocycles. The Kier molecular flexibility index (Phi) is 4.61. The molecule has 0 saturated carbocycles. The smallest absolute Gasteiger partial charge is 0.146 e. The predicted octanol–water partition coefficient (Wildman–Crippen LogP) is 3.08. The first-order chi connectivity index (χ1) is 7.30. The van der Waals surface area contributed by atoms with Crippen LogP contribution >= 0.6 is 0 Å². The van der Waals surface area contributed by atoms with Gasteiger partial charge in [0.15, 0.2) is 0 Å². The molecule has 0 atom stereocenters. The minimum absolute atomic E-state index is 0.670. The van der Waals surface area contributed by atoms with Gasteiger partial charge >= 0.3 is 0 Å². The van der Waals surface area contributed by atoms with Gasteiger partial charge in [-0.25, -0.2) is 0 Å². The van der Waals surface area contributed by atoms with Crippen LogP contribution in [0.15, 0.2) is 29.8 Å². The molecule has 0 fully saturated rings. The zero-order valence-corrected chi connectivity index (χ0v) is 9.19. The summed E-state index contributed by atoms with van der Waals surface area (Å²) in [5.41, 5.74) is 1.83. The van der Waals surface area contributed by atoms with E-state index in [1.807, 2.05) is 44.2 Å². The highest BCUT2D eigenvalue weighted by atomic mass is 16.5. The van der Waals surface area contributed by atoms with Gasteiger partial charge in [-0.15, -0.1) is 0 Å². The number of aldehydes is 1. The average Bonchev–Trinajstić information content (AvgIpc) is 2.28. The van der Waals surface area contributed by atoms with Crippen molar-refractivity contribution >= 4 is 12.4 Å². The van der Waals surface area contributed by atoms with Crippen LogP contribution in [0.5, 0.6) is 5.75 Å². The lowest BCUT2D eigenvalue weighted by molar-refractivity contribution is -0.104. The zero-order chi connectivity index (χ0) is 11.1. The first kappa shape index (κ1) is 11.5. The molecular formula is C13H16O2. The van der Waals surface area contributed by atoms with Gasteiger partial charge in [0.05, 0.1) is 6.61 Å². The van der Waals surface area contributed by atoms with Gasteiger partial charge in [-0.1, -0.05) is 19.1 Å². The maximum Gasteiger partial charge on any atom is 0.146 e. The Morgan fingerprint density at radius 1 is 1.27 bits per heavy atom. The van der Waals surface area contributed by atoms with E-state index in [4.69, 9.17) is 4.74 Å². The molecule has 0 heterocycles. The first-order valence-corrected chi connectivity index (χ1v) is 5.18. The summed E-state index contributed by atoms with van der Waals surface area (Å²) < 4.78 is 5.33. The summed E-state index contributed by atoms with van der Waals surface area (Å²) in [5.74, 6) is 0.860. The molecule has 1 aromatic carbocycles. The Labute approximate surface area is 90.6 Å². The molecule has 0 aliphatic rings. The Hall–Kier alpha value is -1.57. The summed E-state index contributed by atoms with van der Waals surface area (Å²) in [6.45, 7) is 4.59. The zero-order valence-electron chi connectivity index (χ0n) is 9.19. The average molecular weight is 204 g/mol. The topological polar surface area (TPSA) is 26.3 Å². The quantitative estimate of drug-likeness (QED) is 0.544. The monoisotopic (exact) mass is 204 g/mol. The highest BCUT2D eigenvalue weighted by Gasteiger charge is 1.94. The fraction of sp³-hybridized carbons (Fsp3) is 0.308. The van der Waals surface area contributed by atoms with E-state index < -0.39 is 0 Å². The molecule has 2 heteroatoms. The van der Waals surface area contributed by atoms with Crippen molar-refractivity contribution in [3.05, 3.63) is 35.4 Å². The summed E-state index contributed by atoms with van der Waals surface area (Å²) in [7, 11) is 0. The molecule has 0 amide bonds. The minimum Gasteiger partial charge on any atom is -0.494 e. The number of benzene rings is 1. The second-order valence-electron chi connectivity index (χ2n) is 3.19. The lowest BCUT2D eigenvalue weighted by Gasteiger charge is -2.02. The van der Waals surface area contributed by atoms with Crippen LogP contribution in [0.3, 0.4) is 0 Å². The van der Waals surface area contributed by atoms with Crippen LogP contribution in [-0.4, -0.2) is 12.9 Å². The van der Waals surface area contributed by atoms with Crippen molar-refractivity contribution in [1.29, 1.82) is 0 Å². The van der Waals surface area contributed by atoms with Crippen LogP contribution in [0.25, 0.3) is 6.08 Å². The summed E-state index contributed by atoms with van der Waals surface area (Å²) in [6.07, 6.45) is 3.55. The Morgan fingerprint density at radius 2 is 1.93 bits per heavy atom. The Morgan fingerprint density at radius 3 is 2.40 bits per heavy atom. The Balaban J connectivity index is 2.79. The van der Waals surface area contributed by atoms with Gasteiger partial charge in [-0.3, -0.25) is 4.79 Å². The second kappa shape index (κ2) is 6.02. The molecule has 0 aromatic heterocycles. The van der Waals surface area contributed by atoms with Crippen LogP contribution in [0.4, 0.5) is 0 Å². The molecule has 1 rings (SSSR count). The summed E-state index contributed by atoms with van der Waals surface area (Å²) in [6, 6.07) is 7.72.